The van der Waals surface area contributed by atoms with Crippen LogP contribution in [0.2, 0.25) is 0 Å². The number of para-hydroxylation sites is 1. The molecule has 144 valence electrons. The zero-order valence-corrected chi connectivity index (χ0v) is 15.0. The summed E-state index contributed by atoms with van der Waals surface area (Å²) in [7, 11) is 0. The molecule has 0 saturated carbocycles. The third kappa shape index (κ3) is 3.48. The average Bonchev–Trinajstić information content (AvgIpc) is 3.32. The van der Waals surface area contributed by atoms with E-state index in [2.05, 4.69) is 20.4 Å². The molecule has 0 fully saturated rings. The third-order valence-corrected chi connectivity index (χ3v) is 4.33. The van der Waals surface area contributed by atoms with Crippen molar-refractivity contribution in [3.63, 3.8) is 0 Å². The molecule has 4 rings (SSSR count). The Kier molecular flexibility index (Phi) is 4.62. The second kappa shape index (κ2) is 7.39. The van der Waals surface area contributed by atoms with E-state index in [0.29, 0.717) is 16.6 Å². The number of carboxylic acids is 1. The first-order valence-electron chi connectivity index (χ1n) is 8.63. The summed E-state index contributed by atoms with van der Waals surface area (Å²) in [5.41, 5.74) is 2.07. The van der Waals surface area contributed by atoms with Gasteiger partial charge in [-0.05, 0) is 12.1 Å². The van der Waals surface area contributed by atoms with Gasteiger partial charge in [-0.25, -0.2) is 0 Å². The van der Waals surface area contributed by atoms with Gasteiger partial charge in [0.2, 0.25) is 5.88 Å². The number of amides is 1. The Morgan fingerprint density at radius 1 is 1.07 bits per heavy atom. The highest BCUT2D eigenvalue weighted by Crippen LogP contribution is 2.38. The zero-order valence-electron chi connectivity index (χ0n) is 15.0. The molecule has 9 heteroatoms. The van der Waals surface area contributed by atoms with E-state index < -0.39 is 18.4 Å². The Labute approximate surface area is 163 Å². The van der Waals surface area contributed by atoms with E-state index in [1.807, 2.05) is 30.3 Å². The molecular weight excluding hydrogens is 374 g/mol. The molecule has 1 amide bonds. The number of carbonyl (C=O) groups is 2. The summed E-state index contributed by atoms with van der Waals surface area (Å²) in [6, 6.07) is 17.6. The molecule has 2 aromatic carbocycles. The van der Waals surface area contributed by atoms with Crippen molar-refractivity contribution >= 4 is 28.5 Å². The number of nitrogens with zero attached hydrogens (tertiary/aromatic N) is 4. The van der Waals surface area contributed by atoms with Crippen molar-refractivity contribution in [1.82, 2.24) is 14.8 Å². The van der Waals surface area contributed by atoms with Crippen LogP contribution in [0.25, 0.3) is 22.2 Å². The van der Waals surface area contributed by atoms with Crippen molar-refractivity contribution < 1.29 is 19.8 Å². The normalized spacial score (nSPS) is 11.3. The van der Waals surface area contributed by atoms with Gasteiger partial charge < -0.3 is 10.2 Å². The number of aromatic amines is 1. The smallest absolute Gasteiger partial charge is 0.323 e. The van der Waals surface area contributed by atoms with Gasteiger partial charge in [-0.3, -0.25) is 19.3 Å². The second-order valence-electron chi connectivity index (χ2n) is 6.21. The van der Waals surface area contributed by atoms with Gasteiger partial charge in [-0.15, -0.1) is 10.2 Å². The van der Waals surface area contributed by atoms with Gasteiger partial charge in [0.1, 0.15) is 12.2 Å². The van der Waals surface area contributed by atoms with Crippen LogP contribution in [0.15, 0.2) is 70.9 Å². The largest absolute Gasteiger partial charge is 0.493 e. The molecule has 0 unspecified atom stereocenters. The summed E-state index contributed by atoms with van der Waals surface area (Å²) in [4.78, 5) is 23.5. The number of nitrogens with one attached hydrogen (secondary N) is 1. The van der Waals surface area contributed by atoms with Gasteiger partial charge in [0, 0.05) is 10.9 Å². The van der Waals surface area contributed by atoms with Crippen molar-refractivity contribution in [3.05, 3.63) is 66.4 Å². The number of hydrogen-bond acceptors (Lipinski definition) is 5. The minimum atomic E-state index is -1.12. The van der Waals surface area contributed by atoms with E-state index in [4.69, 9.17) is 5.11 Å². The molecule has 2 aromatic heterocycles. The number of aromatic hydroxyl groups is 1. The van der Waals surface area contributed by atoms with Gasteiger partial charge in [-0.2, -0.15) is 5.10 Å². The van der Waals surface area contributed by atoms with E-state index in [1.165, 1.54) is 4.57 Å². The van der Waals surface area contributed by atoms with Crippen molar-refractivity contribution in [1.29, 1.82) is 0 Å². The number of aromatic nitrogens is 3. The van der Waals surface area contributed by atoms with E-state index in [0.717, 1.165) is 5.56 Å². The molecule has 9 nitrogen and oxygen atoms in total. The lowest BCUT2D eigenvalue weighted by atomic mass is 10.1. The molecule has 0 saturated heterocycles. The van der Waals surface area contributed by atoms with Crippen LogP contribution in [0, 0.1) is 0 Å². The fourth-order valence-corrected chi connectivity index (χ4v) is 3.00. The monoisotopic (exact) mass is 389 g/mol. The zero-order chi connectivity index (χ0) is 20.4. The summed E-state index contributed by atoms with van der Waals surface area (Å²) in [5.74, 6) is -2.17. The predicted molar refractivity (Wildman–Crippen MR) is 104 cm³/mol. The second-order valence-corrected chi connectivity index (χ2v) is 6.21. The van der Waals surface area contributed by atoms with Gasteiger partial charge >= 0.3 is 11.9 Å². The highest BCUT2D eigenvalue weighted by molar-refractivity contribution is 5.97. The number of azo groups is 1. The van der Waals surface area contributed by atoms with Crippen molar-refractivity contribution in [2.24, 2.45) is 10.2 Å². The first-order chi connectivity index (χ1) is 14.0. The molecule has 3 N–H and O–H groups in total. The van der Waals surface area contributed by atoms with Gasteiger partial charge in [-0.1, -0.05) is 48.5 Å². The number of fused-ring (bicyclic) bond motifs is 1. The molecular formula is C20H15N5O4. The number of carboxylic acid groups (broad SMARTS) is 1. The standard InChI is InChI=1S/C20H15N5O4/c26-17(27)11-25-16-9-5-4-8-13(16)18(20(25)29)23-24-19(28)15-10-14(21-22-15)12-6-2-1-3-7-12/h1-10,29H,11H2,(H,21,22)(H,26,27). The van der Waals surface area contributed by atoms with E-state index in [9.17, 15) is 14.7 Å². The number of carbonyl (C=O) groups excluding carboxylic acids is 1. The Bertz CT molecular complexity index is 1240. The fraction of sp³-hybridized carbons (Fsp3) is 0.0500. The van der Waals surface area contributed by atoms with Crippen LogP contribution in [-0.2, 0) is 11.3 Å². The molecule has 29 heavy (non-hydrogen) atoms. The van der Waals surface area contributed by atoms with Crippen molar-refractivity contribution in [3.8, 4) is 17.1 Å². The topological polar surface area (TPSA) is 133 Å². The highest BCUT2D eigenvalue weighted by atomic mass is 16.4. The minimum Gasteiger partial charge on any atom is -0.493 e. The Morgan fingerprint density at radius 2 is 1.79 bits per heavy atom. The number of aliphatic carboxylic acids is 1. The molecule has 0 aliphatic heterocycles. The minimum absolute atomic E-state index is 0.0259. The van der Waals surface area contributed by atoms with E-state index in [-0.39, 0.29) is 17.3 Å². The van der Waals surface area contributed by atoms with Crippen LogP contribution in [0.3, 0.4) is 0 Å². The number of hydrogen-bond donors (Lipinski definition) is 3. The van der Waals surface area contributed by atoms with Crippen molar-refractivity contribution in [2.75, 3.05) is 0 Å². The molecule has 0 aliphatic carbocycles. The van der Waals surface area contributed by atoms with Crippen LogP contribution in [0.1, 0.15) is 10.5 Å². The van der Waals surface area contributed by atoms with Crippen molar-refractivity contribution in [2.45, 2.75) is 6.54 Å². The number of H-pyrrole nitrogens is 1. The maximum absolute atomic E-state index is 12.4. The maximum atomic E-state index is 12.4. The lowest BCUT2D eigenvalue weighted by Crippen LogP contribution is -2.07. The van der Waals surface area contributed by atoms with Gasteiger partial charge in [0.25, 0.3) is 0 Å². The number of benzene rings is 2. The Balaban J connectivity index is 1.65. The summed E-state index contributed by atoms with van der Waals surface area (Å²) in [5, 5.41) is 34.2. The van der Waals surface area contributed by atoms with Crippen LogP contribution in [0.5, 0.6) is 5.88 Å². The molecule has 0 spiro atoms. The first kappa shape index (κ1) is 18.1. The van der Waals surface area contributed by atoms with Crippen LogP contribution in [-0.4, -0.2) is 36.9 Å². The fourth-order valence-electron chi connectivity index (χ4n) is 3.00. The molecule has 0 radical (unpaired) electrons. The molecule has 0 aliphatic rings. The maximum Gasteiger partial charge on any atom is 0.323 e. The predicted octanol–water partition coefficient (Wildman–Crippen LogP) is 3.75. The summed E-state index contributed by atoms with van der Waals surface area (Å²) >= 11 is 0. The van der Waals surface area contributed by atoms with E-state index >= 15 is 0 Å². The molecule has 4 aromatic rings. The Morgan fingerprint density at radius 3 is 2.55 bits per heavy atom. The summed E-state index contributed by atoms with van der Waals surface area (Å²) in [6.45, 7) is -0.448. The SMILES string of the molecule is O=C(O)Cn1c(O)c(N=NC(=O)c2cc(-c3ccccc3)n[nH]2)c2ccccc21. The first-order valence-corrected chi connectivity index (χ1v) is 8.63. The Hall–Kier alpha value is -4.27. The van der Waals surface area contributed by atoms with Crippen LogP contribution < -0.4 is 0 Å². The molecule has 2 heterocycles. The van der Waals surface area contributed by atoms with Gasteiger partial charge in [0.05, 0.1) is 11.2 Å². The quantitative estimate of drug-likeness (QED) is 0.447. The number of rotatable bonds is 5. The third-order valence-electron chi connectivity index (χ3n) is 4.33. The molecule has 0 atom stereocenters. The van der Waals surface area contributed by atoms with Gasteiger partial charge in [0.15, 0.2) is 5.69 Å². The van der Waals surface area contributed by atoms with Crippen LogP contribution >= 0.6 is 0 Å². The summed E-state index contributed by atoms with van der Waals surface area (Å²) < 4.78 is 1.19. The summed E-state index contributed by atoms with van der Waals surface area (Å²) in [6.07, 6.45) is 0. The lowest BCUT2D eigenvalue weighted by Gasteiger charge is -2.02. The molecule has 0 bridgehead atoms. The van der Waals surface area contributed by atoms with Crippen LogP contribution in [0.4, 0.5) is 5.69 Å². The lowest BCUT2D eigenvalue weighted by molar-refractivity contribution is -0.137. The highest BCUT2D eigenvalue weighted by Gasteiger charge is 2.19. The van der Waals surface area contributed by atoms with E-state index in [1.54, 1.807) is 30.3 Å². The average molecular weight is 389 g/mol.